The number of carbonyl (C=O) groups is 3. The summed E-state index contributed by atoms with van der Waals surface area (Å²) in [6, 6.07) is 9.42. The standard InChI is InChI=1S/C28H39N3O10/c1-18(33)13-21-22(34)14-28(27(38)39-2,41-26(21)25(37)23(35)16-32)31-15-20(29-30-31)11-7-4-8-12-24(36)40-17-19-9-5-3-6-10-19/h3,5-6,9-10,15,21-23,25-26,32,34-35,37H,4,7-8,11-14,16-17H2,1-2H3/t21?,22?,23-,25+,26?,28?/m1/s1. The van der Waals surface area contributed by atoms with Crippen LogP contribution in [0.4, 0.5) is 0 Å². The Labute approximate surface area is 238 Å². The molecule has 6 atom stereocenters. The third-order valence-corrected chi connectivity index (χ3v) is 7.15. The van der Waals surface area contributed by atoms with Crippen molar-refractivity contribution in [3.05, 3.63) is 47.8 Å². The van der Waals surface area contributed by atoms with E-state index in [9.17, 15) is 34.8 Å². The van der Waals surface area contributed by atoms with Crippen LogP contribution in [0.15, 0.2) is 36.5 Å². The summed E-state index contributed by atoms with van der Waals surface area (Å²) in [5, 5.41) is 49.3. The first-order chi connectivity index (χ1) is 19.6. The van der Waals surface area contributed by atoms with Crippen molar-refractivity contribution in [2.24, 2.45) is 5.92 Å². The van der Waals surface area contributed by atoms with E-state index in [4.69, 9.17) is 14.2 Å². The van der Waals surface area contributed by atoms with Crippen LogP contribution < -0.4 is 0 Å². The molecule has 4 unspecified atom stereocenters. The normalized spacial score (nSPS) is 23.9. The van der Waals surface area contributed by atoms with E-state index in [2.05, 4.69) is 10.3 Å². The zero-order chi connectivity index (χ0) is 30.0. The molecule has 3 rings (SSSR count). The second kappa shape index (κ2) is 15.1. The van der Waals surface area contributed by atoms with Gasteiger partial charge in [0.15, 0.2) is 0 Å². The highest BCUT2D eigenvalue weighted by molar-refractivity contribution is 5.78. The van der Waals surface area contributed by atoms with Crippen molar-refractivity contribution in [1.29, 1.82) is 0 Å². The molecule has 1 aliphatic heterocycles. The van der Waals surface area contributed by atoms with Gasteiger partial charge in [0.2, 0.25) is 0 Å². The van der Waals surface area contributed by atoms with E-state index in [1.165, 1.54) is 13.1 Å². The van der Waals surface area contributed by atoms with Crippen LogP contribution in [0.3, 0.4) is 0 Å². The number of aliphatic hydroxyl groups is 4. The molecule has 0 radical (unpaired) electrons. The molecule has 2 aromatic rings. The fourth-order valence-electron chi connectivity index (χ4n) is 4.93. The summed E-state index contributed by atoms with van der Waals surface area (Å²) in [5.41, 5.74) is -0.616. The molecule has 13 nitrogen and oxygen atoms in total. The second-order valence-corrected chi connectivity index (χ2v) is 10.3. The Kier molecular flexibility index (Phi) is 11.9. The first-order valence-corrected chi connectivity index (χ1v) is 13.6. The number of ether oxygens (including phenoxy) is 3. The maximum atomic E-state index is 13.0. The third kappa shape index (κ3) is 8.39. The number of nitrogens with zero attached hydrogens (tertiary/aromatic N) is 3. The van der Waals surface area contributed by atoms with Gasteiger partial charge in [0, 0.05) is 25.2 Å². The minimum Gasteiger partial charge on any atom is -0.465 e. The molecule has 226 valence electrons. The van der Waals surface area contributed by atoms with Crippen molar-refractivity contribution in [2.45, 2.75) is 88.6 Å². The number of hydrogen-bond acceptors (Lipinski definition) is 12. The summed E-state index contributed by atoms with van der Waals surface area (Å²) in [4.78, 5) is 36.9. The summed E-state index contributed by atoms with van der Waals surface area (Å²) < 4.78 is 17.4. The molecule has 1 aromatic heterocycles. The minimum atomic E-state index is -2.05. The summed E-state index contributed by atoms with van der Waals surface area (Å²) in [5.74, 6) is -2.48. The molecule has 0 spiro atoms. The monoisotopic (exact) mass is 577 g/mol. The lowest BCUT2D eigenvalue weighted by molar-refractivity contribution is -0.270. The van der Waals surface area contributed by atoms with Gasteiger partial charge in [-0.25, -0.2) is 9.48 Å². The predicted octanol–water partition coefficient (Wildman–Crippen LogP) is 0.409. The fourth-order valence-corrected chi connectivity index (χ4v) is 4.93. The summed E-state index contributed by atoms with van der Waals surface area (Å²) >= 11 is 0. The summed E-state index contributed by atoms with van der Waals surface area (Å²) in [7, 11) is 1.12. The Morgan fingerprint density at radius 1 is 1.17 bits per heavy atom. The van der Waals surface area contributed by atoms with Crippen LogP contribution in [-0.2, 0) is 47.3 Å². The molecular formula is C28H39N3O10. The average Bonchev–Trinajstić information content (AvgIpc) is 3.45. The fraction of sp³-hybridized carbons (Fsp3) is 0.607. The highest BCUT2D eigenvalue weighted by Gasteiger charge is 2.56. The highest BCUT2D eigenvalue weighted by atomic mass is 16.6. The van der Waals surface area contributed by atoms with Gasteiger partial charge in [0.25, 0.3) is 5.72 Å². The van der Waals surface area contributed by atoms with E-state index < -0.39 is 48.6 Å². The molecule has 1 aromatic carbocycles. The Morgan fingerprint density at radius 3 is 2.56 bits per heavy atom. The molecular weight excluding hydrogens is 538 g/mol. The van der Waals surface area contributed by atoms with Crippen LogP contribution in [0.2, 0.25) is 0 Å². The van der Waals surface area contributed by atoms with E-state index in [0.29, 0.717) is 31.4 Å². The number of unbranched alkanes of at least 4 members (excludes halogenated alkanes) is 2. The van der Waals surface area contributed by atoms with E-state index in [-0.39, 0.29) is 37.6 Å². The van der Waals surface area contributed by atoms with E-state index >= 15 is 0 Å². The van der Waals surface area contributed by atoms with Gasteiger partial charge in [-0.1, -0.05) is 42.0 Å². The lowest BCUT2D eigenvalue weighted by Crippen LogP contribution is -2.62. The minimum absolute atomic E-state index is 0.194. The molecule has 1 saturated heterocycles. The average molecular weight is 578 g/mol. The molecule has 0 saturated carbocycles. The van der Waals surface area contributed by atoms with Gasteiger partial charge in [-0.3, -0.25) is 4.79 Å². The van der Waals surface area contributed by atoms with Gasteiger partial charge < -0.3 is 39.4 Å². The lowest BCUT2D eigenvalue weighted by Gasteiger charge is -2.46. The van der Waals surface area contributed by atoms with Crippen LogP contribution in [0.25, 0.3) is 0 Å². The largest absolute Gasteiger partial charge is 0.465 e. The lowest BCUT2D eigenvalue weighted by atomic mass is 9.80. The number of methoxy groups -OCH3 is 1. The summed E-state index contributed by atoms with van der Waals surface area (Å²) in [6.45, 7) is 0.722. The Hall–Kier alpha value is -3.23. The molecule has 0 bridgehead atoms. The van der Waals surface area contributed by atoms with Crippen molar-refractivity contribution in [1.82, 2.24) is 15.0 Å². The van der Waals surface area contributed by atoms with Gasteiger partial charge in [0.1, 0.15) is 24.6 Å². The zero-order valence-corrected chi connectivity index (χ0v) is 23.3. The number of hydrogen-bond donors (Lipinski definition) is 4. The van der Waals surface area contributed by atoms with Crippen LogP contribution >= 0.6 is 0 Å². The van der Waals surface area contributed by atoms with Gasteiger partial charge >= 0.3 is 11.9 Å². The smallest absolute Gasteiger partial charge is 0.361 e. The van der Waals surface area contributed by atoms with Crippen molar-refractivity contribution >= 4 is 17.7 Å². The van der Waals surface area contributed by atoms with E-state index in [1.54, 1.807) is 0 Å². The number of aromatic nitrogens is 3. The predicted molar refractivity (Wildman–Crippen MR) is 142 cm³/mol. The number of esters is 2. The van der Waals surface area contributed by atoms with Crippen molar-refractivity contribution < 1.29 is 49.0 Å². The second-order valence-electron chi connectivity index (χ2n) is 10.3. The van der Waals surface area contributed by atoms with Crippen LogP contribution in [0.5, 0.6) is 0 Å². The molecule has 41 heavy (non-hydrogen) atoms. The first kappa shape index (κ1) is 32.3. The van der Waals surface area contributed by atoms with Gasteiger partial charge in [0.05, 0.1) is 37.8 Å². The highest BCUT2D eigenvalue weighted by Crippen LogP contribution is 2.40. The number of aryl methyl sites for hydroxylation is 1. The van der Waals surface area contributed by atoms with E-state index in [1.807, 2.05) is 30.3 Å². The van der Waals surface area contributed by atoms with Crippen LogP contribution in [-0.4, -0.2) is 91.3 Å². The van der Waals surface area contributed by atoms with Crippen LogP contribution in [0.1, 0.15) is 56.7 Å². The summed E-state index contributed by atoms with van der Waals surface area (Å²) in [6.07, 6.45) is -2.46. The van der Waals surface area contributed by atoms with Crippen molar-refractivity contribution in [3.63, 3.8) is 0 Å². The number of ketones is 1. The first-order valence-electron chi connectivity index (χ1n) is 13.6. The number of aliphatic hydroxyl groups excluding tert-OH is 4. The SMILES string of the molecule is COC(=O)C1(n2cc(CCCCCC(=O)OCc3ccccc3)nn2)CC(O)C(CC(C)=O)C([C@@H](O)[C@H](O)CO)O1. The van der Waals surface area contributed by atoms with Gasteiger partial charge in [-0.15, -0.1) is 5.10 Å². The number of Topliss-reactive ketones (excluding diaryl/α,β-unsaturated/α-hetero) is 1. The molecule has 0 amide bonds. The molecule has 0 aliphatic carbocycles. The van der Waals surface area contributed by atoms with Crippen LogP contribution in [0, 0.1) is 5.92 Å². The number of rotatable bonds is 15. The Morgan fingerprint density at radius 2 is 1.90 bits per heavy atom. The molecule has 1 fully saturated rings. The third-order valence-electron chi connectivity index (χ3n) is 7.15. The van der Waals surface area contributed by atoms with Crippen molar-refractivity contribution in [2.75, 3.05) is 13.7 Å². The van der Waals surface area contributed by atoms with Crippen molar-refractivity contribution in [3.8, 4) is 0 Å². The molecule has 2 heterocycles. The molecule has 1 aliphatic rings. The molecule has 4 N–H and O–H groups in total. The quantitative estimate of drug-likeness (QED) is 0.169. The Balaban J connectivity index is 1.63. The number of benzene rings is 1. The maximum Gasteiger partial charge on any atom is 0.361 e. The Bertz CT molecular complexity index is 1140. The maximum absolute atomic E-state index is 13.0. The molecule has 13 heteroatoms. The van der Waals surface area contributed by atoms with E-state index in [0.717, 1.165) is 17.4 Å². The number of carbonyl (C=O) groups excluding carboxylic acids is 3. The topological polar surface area (TPSA) is 191 Å². The zero-order valence-electron chi connectivity index (χ0n) is 23.3. The van der Waals surface area contributed by atoms with Gasteiger partial charge in [-0.2, -0.15) is 0 Å². The van der Waals surface area contributed by atoms with Gasteiger partial charge in [-0.05, 0) is 31.7 Å².